The van der Waals surface area contributed by atoms with E-state index < -0.39 is 0 Å². The van der Waals surface area contributed by atoms with E-state index in [9.17, 15) is 9.90 Å². The number of hydrazone groups is 1. The molecule has 1 amide bonds. The highest BCUT2D eigenvalue weighted by Crippen LogP contribution is 2.25. The van der Waals surface area contributed by atoms with Gasteiger partial charge in [0.25, 0.3) is 5.91 Å². The third kappa shape index (κ3) is 4.06. The maximum absolute atomic E-state index is 11.8. The van der Waals surface area contributed by atoms with Crippen molar-refractivity contribution < 1.29 is 14.6 Å². The minimum Gasteiger partial charge on any atom is -0.504 e. The second-order valence-electron chi connectivity index (χ2n) is 4.14. The molecule has 0 radical (unpaired) electrons. The smallest absolute Gasteiger partial charge is 0.271 e. The van der Waals surface area contributed by atoms with Gasteiger partial charge in [0.1, 0.15) is 0 Å². The summed E-state index contributed by atoms with van der Waals surface area (Å²) in [4.78, 5) is 11.8. The number of nitrogens with zero attached hydrogens (tertiary/aromatic N) is 1. The number of hydrogen-bond donors (Lipinski definition) is 2. The molecule has 0 atom stereocenters. The van der Waals surface area contributed by atoms with Gasteiger partial charge in [-0.25, -0.2) is 5.43 Å². The molecular formula is C15H13BrN2O3. The average Bonchev–Trinajstić information content (AvgIpc) is 2.49. The molecule has 5 nitrogen and oxygen atoms in total. The molecule has 0 heterocycles. The first-order chi connectivity index (χ1) is 10.1. The zero-order chi connectivity index (χ0) is 15.2. The van der Waals surface area contributed by atoms with Gasteiger partial charge in [-0.15, -0.1) is 0 Å². The lowest BCUT2D eigenvalue weighted by molar-refractivity contribution is 0.0955. The Bertz CT molecular complexity index is 669. The number of hydrogen-bond acceptors (Lipinski definition) is 4. The van der Waals surface area contributed by atoms with Crippen molar-refractivity contribution in [2.24, 2.45) is 5.10 Å². The van der Waals surface area contributed by atoms with Crippen LogP contribution in [-0.2, 0) is 0 Å². The van der Waals surface area contributed by atoms with Crippen molar-refractivity contribution in [2.75, 3.05) is 7.11 Å². The van der Waals surface area contributed by atoms with Gasteiger partial charge in [-0.05, 0) is 48.0 Å². The van der Waals surface area contributed by atoms with E-state index in [-0.39, 0.29) is 11.7 Å². The van der Waals surface area contributed by atoms with Crippen LogP contribution in [0.5, 0.6) is 11.5 Å². The molecule has 6 heteroatoms. The topological polar surface area (TPSA) is 70.9 Å². The van der Waals surface area contributed by atoms with Crippen LogP contribution in [0.15, 0.2) is 52.0 Å². The molecular weight excluding hydrogens is 336 g/mol. The van der Waals surface area contributed by atoms with E-state index >= 15 is 0 Å². The number of amides is 1. The number of phenols is 1. The van der Waals surface area contributed by atoms with Gasteiger partial charge >= 0.3 is 0 Å². The molecule has 0 bridgehead atoms. The maximum Gasteiger partial charge on any atom is 0.271 e. The summed E-state index contributed by atoms with van der Waals surface area (Å²) in [6, 6.07) is 11.7. The normalized spacial score (nSPS) is 10.6. The Kier molecular flexibility index (Phi) is 4.94. The first-order valence-electron chi connectivity index (χ1n) is 6.06. The van der Waals surface area contributed by atoms with Crippen molar-refractivity contribution in [1.29, 1.82) is 0 Å². The van der Waals surface area contributed by atoms with Gasteiger partial charge in [-0.2, -0.15) is 5.10 Å². The van der Waals surface area contributed by atoms with E-state index in [0.29, 0.717) is 16.9 Å². The molecule has 0 aliphatic rings. The van der Waals surface area contributed by atoms with Gasteiger partial charge in [0.05, 0.1) is 13.3 Å². The lowest BCUT2D eigenvalue weighted by Gasteiger charge is -2.03. The van der Waals surface area contributed by atoms with Crippen molar-refractivity contribution in [3.63, 3.8) is 0 Å². The number of halogens is 1. The largest absolute Gasteiger partial charge is 0.504 e. The Balaban J connectivity index is 2.02. The molecule has 0 saturated carbocycles. The summed E-state index contributed by atoms with van der Waals surface area (Å²) in [7, 11) is 1.46. The van der Waals surface area contributed by atoms with Gasteiger partial charge in [0.2, 0.25) is 0 Å². The van der Waals surface area contributed by atoms with Crippen molar-refractivity contribution in [3.05, 3.63) is 58.1 Å². The molecule has 21 heavy (non-hydrogen) atoms. The highest BCUT2D eigenvalue weighted by molar-refractivity contribution is 9.10. The van der Waals surface area contributed by atoms with Crippen LogP contribution in [0.1, 0.15) is 15.9 Å². The van der Waals surface area contributed by atoms with Crippen molar-refractivity contribution >= 4 is 28.1 Å². The van der Waals surface area contributed by atoms with Crippen LogP contribution >= 0.6 is 15.9 Å². The molecule has 0 aromatic heterocycles. The Morgan fingerprint density at radius 1 is 1.29 bits per heavy atom. The second kappa shape index (κ2) is 6.90. The Morgan fingerprint density at radius 2 is 2.00 bits per heavy atom. The van der Waals surface area contributed by atoms with Crippen LogP contribution in [0.3, 0.4) is 0 Å². The fourth-order valence-electron chi connectivity index (χ4n) is 1.61. The summed E-state index contributed by atoms with van der Waals surface area (Å²) < 4.78 is 5.89. The standard InChI is InChI=1S/C15H13BrN2O3/c1-21-14-8-10(2-7-13(14)19)9-17-18-15(20)11-3-5-12(16)6-4-11/h2-9,19H,1H3,(H,18,20)/b17-9-. The van der Waals surface area contributed by atoms with Crippen LogP contribution in [-0.4, -0.2) is 24.3 Å². The third-order valence-corrected chi connectivity index (χ3v) is 3.22. The molecule has 0 aliphatic carbocycles. The highest BCUT2D eigenvalue weighted by Gasteiger charge is 2.04. The first kappa shape index (κ1) is 15.1. The molecule has 0 unspecified atom stereocenters. The van der Waals surface area contributed by atoms with Crippen LogP contribution in [0.25, 0.3) is 0 Å². The lowest BCUT2D eigenvalue weighted by atomic mass is 10.2. The van der Waals surface area contributed by atoms with E-state index in [1.807, 2.05) is 0 Å². The first-order valence-corrected chi connectivity index (χ1v) is 6.85. The van der Waals surface area contributed by atoms with E-state index in [0.717, 1.165) is 4.47 Å². The van der Waals surface area contributed by atoms with Gasteiger partial charge in [-0.3, -0.25) is 4.79 Å². The van der Waals surface area contributed by atoms with Gasteiger partial charge in [-0.1, -0.05) is 15.9 Å². The van der Waals surface area contributed by atoms with Gasteiger partial charge in [0, 0.05) is 10.0 Å². The predicted octanol–water partition coefficient (Wildman–Crippen LogP) is 2.93. The zero-order valence-electron chi connectivity index (χ0n) is 11.2. The van der Waals surface area contributed by atoms with Crippen LogP contribution < -0.4 is 10.2 Å². The summed E-state index contributed by atoms with van der Waals surface area (Å²) in [5.74, 6) is 0.0937. The Labute approximate surface area is 130 Å². The number of carbonyl (C=O) groups is 1. The SMILES string of the molecule is COc1cc(/C=N\NC(=O)c2ccc(Br)cc2)ccc1O. The quantitative estimate of drug-likeness (QED) is 0.659. The predicted molar refractivity (Wildman–Crippen MR) is 83.9 cm³/mol. The van der Waals surface area contributed by atoms with E-state index in [1.54, 1.807) is 36.4 Å². The summed E-state index contributed by atoms with van der Waals surface area (Å²) >= 11 is 3.30. The number of carbonyl (C=O) groups excluding carboxylic acids is 1. The molecule has 0 fully saturated rings. The molecule has 2 aromatic carbocycles. The fraction of sp³-hybridized carbons (Fsp3) is 0.0667. The van der Waals surface area contributed by atoms with E-state index in [1.165, 1.54) is 19.4 Å². The zero-order valence-corrected chi connectivity index (χ0v) is 12.8. The van der Waals surface area contributed by atoms with Crippen molar-refractivity contribution in [3.8, 4) is 11.5 Å². The Hall–Kier alpha value is -2.34. The van der Waals surface area contributed by atoms with Crippen LogP contribution in [0, 0.1) is 0 Å². The Morgan fingerprint density at radius 3 is 2.67 bits per heavy atom. The van der Waals surface area contributed by atoms with E-state index in [2.05, 4.69) is 26.5 Å². The number of rotatable bonds is 4. The summed E-state index contributed by atoms with van der Waals surface area (Å²) in [5.41, 5.74) is 3.64. The van der Waals surface area contributed by atoms with Crippen LogP contribution in [0.2, 0.25) is 0 Å². The van der Waals surface area contributed by atoms with Crippen molar-refractivity contribution in [2.45, 2.75) is 0 Å². The lowest BCUT2D eigenvalue weighted by Crippen LogP contribution is -2.17. The summed E-state index contributed by atoms with van der Waals surface area (Å²) in [5, 5.41) is 13.3. The average molecular weight is 349 g/mol. The van der Waals surface area contributed by atoms with Gasteiger partial charge in [0.15, 0.2) is 11.5 Å². The highest BCUT2D eigenvalue weighted by atomic mass is 79.9. The molecule has 0 spiro atoms. The van der Waals surface area contributed by atoms with Gasteiger partial charge < -0.3 is 9.84 Å². The fourth-order valence-corrected chi connectivity index (χ4v) is 1.87. The summed E-state index contributed by atoms with van der Waals surface area (Å²) in [6.07, 6.45) is 1.47. The molecule has 0 aliphatic heterocycles. The monoisotopic (exact) mass is 348 g/mol. The number of phenolic OH excluding ortho intramolecular Hbond substituents is 1. The number of nitrogens with one attached hydrogen (secondary N) is 1. The molecule has 108 valence electrons. The number of ether oxygens (including phenoxy) is 1. The molecule has 2 rings (SSSR count). The number of benzene rings is 2. The number of methoxy groups -OCH3 is 1. The number of aromatic hydroxyl groups is 1. The minimum atomic E-state index is -0.301. The van der Waals surface area contributed by atoms with E-state index in [4.69, 9.17) is 4.74 Å². The molecule has 0 saturated heterocycles. The molecule has 2 aromatic rings. The molecule has 2 N–H and O–H groups in total. The van der Waals surface area contributed by atoms with Crippen LogP contribution in [0.4, 0.5) is 0 Å². The third-order valence-electron chi connectivity index (χ3n) is 2.69. The minimum absolute atomic E-state index is 0.0496. The van der Waals surface area contributed by atoms with Crippen molar-refractivity contribution in [1.82, 2.24) is 5.43 Å². The second-order valence-corrected chi connectivity index (χ2v) is 5.05. The maximum atomic E-state index is 11.8. The summed E-state index contributed by atoms with van der Waals surface area (Å²) in [6.45, 7) is 0.